The lowest BCUT2D eigenvalue weighted by atomic mass is 9.82. The molecule has 1 heterocycles. The Hall–Kier alpha value is -1.06. The van der Waals surface area contributed by atoms with Crippen LogP contribution in [0.3, 0.4) is 0 Å². The third-order valence-corrected chi connectivity index (χ3v) is 4.30. The molecule has 4 heteroatoms. The van der Waals surface area contributed by atoms with Crippen molar-refractivity contribution in [3.05, 3.63) is 0 Å². The lowest BCUT2D eigenvalue weighted by molar-refractivity contribution is -0.154. The predicted molar refractivity (Wildman–Crippen MR) is 81.2 cm³/mol. The second-order valence-corrected chi connectivity index (χ2v) is 6.91. The summed E-state index contributed by atoms with van der Waals surface area (Å²) in [5.41, 5.74) is -0.246. The zero-order chi connectivity index (χ0) is 15.5. The van der Waals surface area contributed by atoms with E-state index < -0.39 is 0 Å². The number of carbonyl (C=O) groups excluding carboxylic acids is 2. The van der Waals surface area contributed by atoms with Crippen LogP contribution in [0, 0.1) is 11.3 Å². The van der Waals surface area contributed by atoms with Crippen LogP contribution in [0.1, 0.15) is 60.8 Å². The van der Waals surface area contributed by atoms with Gasteiger partial charge in [0.2, 0.25) is 11.8 Å². The number of amides is 2. The molecule has 0 radical (unpaired) electrons. The lowest BCUT2D eigenvalue weighted by Gasteiger charge is -2.45. The Morgan fingerprint density at radius 3 is 2.10 bits per heavy atom. The molecular weight excluding hydrogens is 252 g/mol. The highest BCUT2D eigenvalue weighted by Crippen LogP contribution is 2.29. The molecule has 0 bridgehead atoms. The van der Waals surface area contributed by atoms with Crippen molar-refractivity contribution >= 4 is 11.8 Å². The van der Waals surface area contributed by atoms with Gasteiger partial charge >= 0.3 is 0 Å². The van der Waals surface area contributed by atoms with Crippen molar-refractivity contribution in [3.63, 3.8) is 0 Å². The van der Waals surface area contributed by atoms with E-state index in [-0.39, 0.29) is 29.3 Å². The van der Waals surface area contributed by atoms with Crippen molar-refractivity contribution < 1.29 is 9.59 Å². The second-order valence-electron chi connectivity index (χ2n) is 6.91. The van der Waals surface area contributed by atoms with E-state index in [1.54, 1.807) is 0 Å². The van der Waals surface area contributed by atoms with Crippen LogP contribution < -0.4 is 5.32 Å². The summed E-state index contributed by atoms with van der Waals surface area (Å²) in [5, 5.41) is 2.88. The minimum atomic E-state index is -0.363. The first-order chi connectivity index (χ1) is 9.26. The van der Waals surface area contributed by atoms with Crippen LogP contribution >= 0.6 is 0 Å². The third kappa shape index (κ3) is 3.53. The van der Waals surface area contributed by atoms with Gasteiger partial charge in [0.05, 0.1) is 0 Å². The SMILES string of the molecule is CCC(CC)CN1C(=O)C(CC)NC(=O)C1C(C)(C)C. The largest absolute Gasteiger partial charge is 0.342 e. The molecule has 2 atom stereocenters. The third-order valence-electron chi connectivity index (χ3n) is 4.30. The summed E-state index contributed by atoms with van der Waals surface area (Å²) in [7, 11) is 0. The highest BCUT2D eigenvalue weighted by atomic mass is 16.2. The maximum absolute atomic E-state index is 12.6. The van der Waals surface area contributed by atoms with E-state index >= 15 is 0 Å². The van der Waals surface area contributed by atoms with Crippen LogP contribution in [0.5, 0.6) is 0 Å². The molecule has 1 aliphatic heterocycles. The fraction of sp³-hybridized carbons (Fsp3) is 0.875. The van der Waals surface area contributed by atoms with E-state index in [2.05, 4.69) is 19.2 Å². The molecule has 0 saturated carbocycles. The molecule has 1 aliphatic rings. The molecule has 1 saturated heterocycles. The number of nitrogens with zero attached hydrogens (tertiary/aromatic N) is 1. The molecule has 0 spiro atoms. The van der Waals surface area contributed by atoms with Gasteiger partial charge in [-0.05, 0) is 17.8 Å². The van der Waals surface area contributed by atoms with Gasteiger partial charge in [0, 0.05) is 6.54 Å². The number of carbonyl (C=O) groups is 2. The number of hydrogen-bond acceptors (Lipinski definition) is 2. The summed E-state index contributed by atoms with van der Waals surface area (Å²) in [6.07, 6.45) is 2.73. The van der Waals surface area contributed by atoms with Gasteiger partial charge in [-0.3, -0.25) is 9.59 Å². The molecule has 20 heavy (non-hydrogen) atoms. The van der Waals surface area contributed by atoms with Gasteiger partial charge in [0.15, 0.2) is 0 Å². The monoisotopic (exact) mass is 282 g/mol. The molecule has 0 aromatic carbocycles. The zero-order valence-corrected chi connectivity index (χ0v) is 13.8. The smallest absolute Gasteiger partial charge is 0.245 e. The number of hydrogen-bond donors (Lipinski definition) is 1. The maximum atomic E-state index is 12.6. The minimum absolute atomic E-state index is 0.00472. The van der Waals surface area contributed by atoms with Crippen molar-refractivity contribution in [2.45, 2.75) is 72.9 Å². The van der Waals surface area contributed by atoms with Gasteiger partial charge < -0.3 is 10.2 Å². The van der Waals surface area contributed by atoms with Gasteiger partial charge in [-0.25, -0.2) is 0 Å². The Morgan fingerprint density at radius 1 is 1.15 bits per heavy atom. The molecule has 0 aliphatic carbocycles. The quantitative estimate of drug-likeness (QED) is 0.842. The Kier molecular flexibility index (Phi) is 5.60. The Labute approximate surface area is 123 Å². The first-order valence-electron chi connectivity index (χ1n) is 7.87. The average Bonchev–Trinajstić information content (AvgIpc) is 2.37. The van der Waals surface area contributed by atoms with E-state index in [0.717, 1.165) is 12.8 Å². The average molecular weight is 282 g/mol. The fourth-order valence-electron chi connectivity index (χ4n) is 2.94. The molecule has 116 valence electrons. The topological polar surface area (TPSA) is 49.4 Å². The van der Waals surface area contributed by atoms with E-state index in [1.807, 2.05) is 32.6 Å². The van der Waals surface area contributed by atoms with Crippen LogP contribution in [-0.4, -0.2) is 35.3 Å². The summed E-state index contributed by atoms with van der Waals surface area (Å²) >= 11 is 0. The summed E-state index contributed by atoms with van der Waals surface area (Å²) in [5.74, 6) is 0.543. The van der Waals surface area contributed by atoms with Gasteiger partial charge in [0.25, 0.3) is 0 Å². The molecule has 4 nitrogen and oxygen atoms in total. The molecule has 2 amide bonds. The first kappa shape index (κ1) is 17.0. The summed E-state index contributed by atoms with van der Waals surface area (Å²) < 4.78 is 0. The normalized spacial score (nSPS) is 24.2. The van der Waals surface area contributed by atoms with Gasteiger partial charge in [-0.15, -0.1) is 0 Å². The molecule has 1 N–H and O–H groups in total. The van der Waals surface area contributed by atoms with Crippen LogP contribution in [0.4, 0.5) is 0 Å². The Morgan fingerprint density at radius 2 is 1.70 bits per heavy atom. The Bertz CT molecular complexity index is 356. The molecule has 0 aromatic heterocycles. The molecule has 1 rings (SSSR count). The molecule has 0 aromatic rings. The van der Waals surface area contributed by atoms with E-state index in [1.165, 1.54) is 0 Å². The second kappa shape index (κ2) is 6.59. The van der Waals surface area contributed by atoms with Crippen molar-refractivity contribution in [2.24, 2.45) is 11.3 Å². The van der Waals surface area contributed by atoms with E-state index in [0.29, 0.717) is 18.9 Å². The minimum Gasteiger partial charge on any atom is -0.342 e. The van der Waals surface area contributed by atoms with E-state index in [4.69, 9.17) is 0 Å². The van der Waals surface area contributed by atoms with Crippen LogP contribution in [0.2, 0.25) is 0 Å². The van der Waals surface area contributed by atoms with Crippen molar-refractivity contribution in [3.8, 4) is 0 Å². The summed E-state index contributed by atoms with van der Waals surface area (Å²) in [6, 6.07) is -0.714. The maximum Gasteiger partial charge on any atom is 0.245 e. The van der Waals surface area contributed by atoms with Crippen LogP contribution in [0.25, 0.3) is 0 Å². The van der Waals surface area contributed by atoms with Crippen molar-refractivity contribution in [1.29, 1.82) is 0 Å². The zero-order valence-electron chi connectivity index (χ0n) is 13.8. The number of piperazine rings is 1. The lowest BCUT2D eigenvalue weighted by Crippen LogP contribution is -2.67. The summed E-state index contributed by atoms with van der Waals surface area (Å²) in [6.45, 7) is 13.0. The van der Waals surface area contributed by atoms with Crippen molar-refractivity contribution in [2.75, 3.05) is 6.54 Å². The fourth-order valence-corrected chi connectivity index (χ4v) is 2.94. The van der Waals surface area contributed by atoms with Crippen molar-refractivity contribution in [1.82, 2.24) is 10.2 Å². The molecule has 1 fully saturated rings. The predicted octanol–water partition coefficient (Wildman–Crippen LogP) is 2.57. The standard InChI is InChI=1S/C16H30N2O2/c1-7-11(8-2)10-18-13(16(4,5)6)14(19)17-12(9-3)15(18)20/h11-13H,7-10H2,1-6H3,(H,17,19). The highest BCUT2D eigenvalue weighted by molar-refractivity contribution is 5.97. The van der Waals surface area contributed by atoms with Gasteiger partial charge in [0.1, 0.15) is 12.1 Å². The highest BCUT2D eigenvalue weighted by Gasteiger charge is 2.45. The first-order valence-corrected chi connectivity index (χ1v) is 7.87. The Balaban J connectivity index is 3.06. The van der Waals surface area contributed by atoms with Crippen LogP contribution in [0.15, 0.2) is 0 Å². The summed E-state index contributed by atoms with van der Waals surface area (Å²) in [4.78, 5) is 26.9. The van der Waals surface area contributed by atoms with Crippen LogP contribution in [-0.2, 0) is 9.59 Å². The number of nitrogens with one attached hydrogen (secondary N) is 1. The van der Waals surface area contributed by atoms with Gasteiger partial charge in [-0.2, -0.15) is 0 Å². The number of rotatable bonds is 5. The van der Waals surface area contributed by atoms with E-state index in [9.17, 15) is 9.59 Å². The van der Waals surface area contributed by atoms with Gasteiger partial charge in [-0.1, -0.05) is 54.4 Å². The molecule has 2 unspecified atom stereocenters. The molecular formula is C16H30N2O2.